The molecule has 5 nitrogen and oxygen atoms in total. The van der Waals surface area contributed by atoms with Crippen molar-refractivity contribution in [1.82, 2.24) is 4.31 Å². The molecule has 0 radical (unpaired) electrons. The normalized spacial score (nSPS) is 12.4. The van der Waals surface area contributed by atoms with Crippen LogP contribution in [0.25, 0.3) is 0 Å². The van der Waals surface area contributed by atoms with Gasteiger partial charge in [-0.25, -0.2) is 12.7 Å². The standard InChI is InChI=1S/C19H32N2O3S/c1-6-7-10-14-21(25(5,23)24)15-13-18(22)20-17-12-9-8-11-16(17)19(2,3)4/h8-9,11-12H,6-7,10,13-15H2,1-5H3,(H,20,22). The molecule has 0 aliphatic heterocycles. The van der Waals surface area contributed by atoms with E-state index in [1.165, 1.54) is 10.6 Å². The second kappa shape index (κ2) is 9.34. The molecule has 0 saturated carbocycles. The van der Waals surface area contributed by atoms with Crippen LogP contribution in [0.2, 0.25) is 0 Å². The van der Waals surface area contributed by atoms with Crippen LogP contribution in [-0.2, 0) is 20.2 Å². The third kappa shape index (κ3) is 7.57. The number of anilines is 1. The smallest absolute Gasteiger partial charge is 0.225 e. The number of unbranched alkanes of at least 4 members (excludes halogenated alkanes) is 2. The third-order valence-electron chi connectivity index (χ3n) is 4.08. The first-order valence-electron chi connectivity index (χ1n) is 8.90. The Morgan fingerprint density at radius 3 is 2.32 bits per heavy atom. The van der Waals surface area contributed by atoms with Crippen molar-refractivity contribution in [3.63, 3.8) is 0 Å². The molecular weight excluding hydrogens is 336 g/mol. The molecule has 142 valence electrons. The first kappa shape index (κ1) is 21.6. The Bertz CT molecular complexity index is 663. The van der Waals surface area contributed by atoms with Crippen molar-refractivity contribution < 1.29 is 13.2 Å². The molecular formula is C19H32N2O3S. The Kier molecular flexibility index (Phi) is 8.09. The molecule has 0 bridgehead atoms. The zero-order valence-corrected chi connectivity index (χ0v) is 16.9. The number of benzene rings is 1. The number of hydrogen-bond donors (Lipinski definition) is 1. The summed E-state index contributed by atoms with van der Waals surface area (Å²) in [5.41, 5.74) is 1.77. The molecule has 0 atom stereocenters. The second-order valence-corrected chi connectivity index (χ2v) is 9.45. The molecule has 1 rings (SSSR count). The first-order chi connectivity index (χ1) is 11.6. The van der Waals surface area contributed by atoms with Crippen molar-refractivity contribution in [2.45, 2.75) is 58.8 Å². The van der Waals surface area contributed by atoms with Crippen LogP contribution in [0.15, 0.2) is 24.3 Å². The molecule has 0 aliphatic rings. The number of nitrogens with one attached hydrogen (secondary N) is 1. The van der Waals surface area contributed by atoms with Gasteiger partial charge in [0.2, 0.25) is 15.9 Å². The van der Waals surface area contributed by atoms with Crippen molar-refractivity contribution in [2.24, 2.45) is 0 Å². The fourth-order valence-corrected chi connectivity index (χ4v) is 3.55. The minimum atomic E-state index is -3.29. The van der Waals surface area contributed by atoms with Gasteiger partial charge >= 0.3 is 0 Å². The molecule has 0 heterocycles. The van der Waals surface area contributed by atoms with Crippen molar-refractivity contribution in [2.75, 3.05) is 24.7 Å². The van der Waals surface area contributed by atoms with E-state index >= 15 is 0 Å². The average Bonchev–Trinajstić information content (AvgIpc) is 2.49. The van der Waals surface area contributed by atoms with E-state index in [9.17, 15) is 13.2 Å². The van der Waals surface area contributed by atoms with E-state index in [-0.39, 0.29) is 24.3 Å². The van der Waals surface area contributed by atoms with Crippen LogP contribution in [0.4, 0.5) is 5.69 Å². The Morgan fingerprint density at radius 1 is 1.12 bits per heavy atom. The lowest BCUT2D eigenvalue weighted by molar-refractivity contribution is -0.116. The highest BCUT2D eigenvalue weighted by atomic mass is 32.2. The highest BCUT2D eigenvalue weighted by molar-refractivity contribution is 7.88. The molecule has 1 amide bonds. The van der Waals surface area contributed by atoms with Crippen LogP contribution in [-0.4, -0.2) is 38.0 Å². The van der Waals surface area contributed by atoms with Crippen molar-refractivity contribution in [3.8, 4) is 0 Å². The molecule has 0 unspecified atom stereocenters. The van der Waals surface area contributed by atoms with E-state index in [1.807, 2.05) is 24.3 Å². The Labute approximate surface area is 152 Å². The molecule has 0 spiro atoms. The summed E-state index contributed by atoms with van der Waals surface area (Å²) in [5.74, 6) is -0.166. The van der Waals surface area contributed by atoms with Gasteiger partial charge in [0.15, 0.2) is 0 Å². The number of nitrogens with zero attached hydrogens (tertiary/aromatic N) is 1. The van der Waals surface area contributed by atoms with Crippen LogP contribution in [0.3, 0.4) is 0 Å². The summed E-state index contributed by atoms with van der Waals surface area (Å²) < 4.78 is 25.2. The average molecular weight is 369 g/mol. The summed E-state index contributed by atoms with van der Waals surface area (Å²) in [4.78, 5) is 12.3. The maximum Gasteiger partial charge on any atom is 0.225 e. The summed E-state index contributed by atoms with van der Waals surface area (Å²) in [6.45, 7) is 9.04. The Balaban J connectivity index is 2.70. The van der Waals surface area contributed by atoms with Gasteiger partial charge in [-0.1, -0.05) is 58.7 Å². The highest BCUT2D eigenvalue weighted by Crippen LogP contribution is 2.29. The fraction of sp³-hybridized carbons (Fsp3) is 0.632. The van der Waals surface area contributed by atoms with Gasteiger partial charge in [0.05, 0.1) is 6.26 Å². The lowest BCUT2D eigenvalue weighted by Crippen LogP contribution is -2.34. The van der Waals surface area contributed by atoms with Gasteiger partial charge < -0.3 is 5.32 Å². The number of carbonyl (C=O) groups excluding carboxylic acids is 1. The van der Waals surface area contributed by atoms with Crippen LogP contribution < -0.4 is 5.32 Å². The number of para-hydroxylation sites is 1. The summed E-state index contributed by atoms with van der Waals surface area (Å²) >= 11 is 0. The predicted molar refractivity (Wildman–Crippen MR) is 104 cm³/mol. The minimum absolute atomic E-state index is 0.0805. The summed E-state index contributed by atoms with van der Waals surface area (Å²) in [6, 6.07) is 7.73. The van der Waals surface area contributed by atoms with Crippen molar-refractivity contribution >= 4 is 21.6 Å². The first-order valence-corrected chi connectivity index (χ1v) is 10.7. The molecule has 1 N–H and O–H groups in total. The summed E-state index contributed by atoms with van der Waals surface area (Å²) in [6.07, 6.45) is 4.18. The van der Waals surface area contributed by atoms with E-state index in [0.717, 1.165) is 30.5 Å². The molecule has 6 heteroatoms. The van der Waals surface area contributed by atoms with Crippen LogP contribution in [0.1, 0.15) is 58.9 Å². The van der Waals surface area contributed by atoms with Gasteiger partial charge in [-0.05, 0) is 23.5 Å². The Morgan fingerprint density at radius 2 is 1.76 bits per heavy atom. The highest BCUT2D eigenvalue weighted by Gasteiger charge is 2.20. The zero-order chi connectivity index (χ0) is 19.1. The Hall–Kier alpha value is -1.40. The van der Waals surface area contributed by atoms with Gasteiger partial charge in [-0.2, -0.15) is 0 Å². The van der Waals surface area contributed by atoms with Gasteiger partial charge in [0, 0.05) is 25.2 Å². The number of amides is 1. The van der Waals surface area contributed by atoms with E-state index in [0.29, 0.717) is 6.54 Å². The van der Waals surface area contributed by atoms with Crippen LogP contribution in [0, 0.1) is 0 Å². The van der Waals surface area contributed by atoms with E-state index in [1.54, 1.807) is 0 Å². The van der Waals surface area contributed by atoms with Gasteiger partial charge in [0.25, 0.3) is 0 Å². The quantitative estimate of drug-likeness (QED) is 0.675. The number of carbonyl (C=O) groups is 1. The SMILES string of the molecule is CCCCCN(CCC(=O)Nc1ccccc1C(C)(C)C)S(C)(=O)=O. The van der Waals surface area contributed by atoms with Gasteiger partial charge in [-0.3, -0.25) is 4.79 Å². The lowest BCUT2D eigenvalue weighted by atomic mass is 9.86. The molecule has 0 aliphatic carbocycles. The van der Waals surface area contributed by atoms with E-state index in [4.69, 9.17) is 0 Å². The van der Waals surface area contributed by atoms with Crippen LogP contribution >= 0.6 is 0 Å². The van der Waals surface area contributed by atoms with Crippen LogP contribution in [0.5, 0.6) is 0 Å². The van der Waals surface area contributed by atoms with Crippen molar-refractivity contribution in [3.05, 3.63) is 29.8 Å². The van der Waals surface area contributed by atoms with E-state index in [2.05, 4.69) is 33.0 Å². The predicted octanol–water partition coefficient (Wildman–Crippen LogP) is 3.76. The largest absolute Gasteiger partial charge is 0.326 e. The molecule has 0 aromatic heterocycles. The van der Waals surface area contributed by atoms with E-state index < -0.39 is 10.0 Å². The van der Waals surface area contributed by atoms with Crippen molar-refractivity contribution in [1.29, 1.82) is 0 Å². The summed E-state index contributed by atoms with van der Waals surface area (Å²) in [7, 11) is -3.29. The monoisotopic (exact) mass is 368 g/mol. The number of hydrogen-bond acceptors (Lipinski definition) is 3. The molecule has 25 heavy (non-hydrogen) atoms. The molecule has 1 aromatic rings. The minimum Gasteiger partial charge on any atom is -0.326 e. The maximum absolute atomic E-state index is 12.3. The zero-order valence-electron chi connectivity index (χ0n) is 16.1. The summed E-state index contributed by atoms with van der Waals surface area (Å²) in [5, 5.41) is 2.93. The molecule has 0 saturated heterocycles. The fourth-order valence-electron chi connectivity index (χ4n) is 2.67. The van der Waals surface area contributed by atoms with Gasteiger partial charge in [-0.15, -0.1) is 0 Å². The molecule has 0 fully saturated rings. The molecule has 1 aromatic carbocycles. The maximum atomic E-state index is 12.3. The van der Waals surface area contributed by atoms with Gasteiger partial charge in [0.1, 0.15) is 0 Å². The third-order valence-corrected chi connectivity index (χ3v) is 5.38. The lowest BCUT2D eigenvalue weighted by Gasteiger charge is -2.23. The number of rotatable bonds is 9. The topological polar surface area (TPSA) is 66.5 Å². The second-order valence-electron chi connectivity index (χ2n) is 7.46. The number of sulfonamides is 1.